The van der Waals surface area contributed by atoms with Gasteiger partial charge in [0.25, 0.3) is 0 Å². The molecule has 9 fully saturated rings. The monoisotopic (exact) mass is 1890 g/mol. The fourth-order valence-corrected chi connectivity index (χ4v) is 20.6. The smallest absolute Gasteiger partial charge is 0.410 e. The molecule has 8 heterocycles. The summed E-state index contributed by atoms with van der Waals surface area (Å²) in [5.74, 6) is -0.864. The second kappa shape index (κ2) is 38.7. The molecule has 8 aromatic rings. The van der Waals surface area contributed by atoms with Crippen LogP contribution in [0.2, 0.25) is 20.1 Å². The topological polar surface area (TPSA) is 286 Å². The Morgan fingerprint density at radius 2 is 0.794 bits per heavy atom. The Morgan fingerprint density at radius 3 is 1.12 bits per heavy atom. The van der Waals surface area contributed by atoms with Crippen molar-refractivity contribution in [3.05, 3.63) is 254 Å². The molecule has 9 aliphatic rings. The summed E-state index contributed by atoms with van der Waals surface area (Å²) in [4.78, 5) is 131. The van der Waals surface area contributed by atoms with Gasteiger partial charge in [-0.1, -0.05) is 115 Å². The number of carbonyl (C=O) groups is 9. The molecule has 3 N–H and O–H groups in total. The van der Waals surface area contributed by atoms with Gasteiger partial charge in [0, 0.05) is 107 Å². The molecule has 32 heteroatoms. The van der Waals surface area contributed by atoms with Crippen LogP contribution in [0, 0.1) is 39.2 Å². The lowest BCUT2D eigenvalue weighted by Crippen LogP contribution is -2.67. The molecule has 4 spiro atoms. The number of piperidine rings is 4. The third-order valence-corrected chi connectivity index (χ3v) is 28.7. The minimum atomic E-state index is -3.34. The molecule has 694 valence electrons. The summed E-state index contributed by atoms with van der Waals surface area (Å²) in [6.45, 7) is 18.4. The molecule has 5 atom stereocenters. The predicted octanol–water partition coefficient (Wildman–Crippen LogP) is 19.3. The first-order valence-corrected chi connectivity index (χ1v) is 47.6. The first-order valence-electron chi connectivity index (χ1n) is 44.2. The van der Waals surface area contributed by atoms with Crippen LogP contribution in [-0.2, 0) is 43.2 Å². The summed E-state index contributed by atoms with van der Waals surface area (Å²) >= 11 is 24.4. The number of hydrogen-bond acceptors (Lipinski definition) is 15. The molecule has 1 saturated carbocycles. The van der Waals surface area contributed by atoms with Crippen LogP contribution < -0.4 is 25.3 Å². The molecule has 8 saturated heterocycles. The van der Waals surface area contributed by atoms with E-state index in [0.29, 0.717) is 158 Å². The van der Waals surface area contributed by atoms with Crippen molar-refractivity contribution in [1.29, 1.82) is 0 Å². The second-order valence-electron chi connectivity index (χ2n) is 37.5. The number of likely N-dealkylation sites (tertiary alicyclic amines) is 5. The number of nitrogens with one attached hydrogen (secondary N) is 2. The number of methoxy groups -OCH3 is 1. The van der Waals surface area contributed by atoms with E-state index in [2.05, 4.69) is 10.6 Å². The summed E-state index contributed by atoms with van der Waals surface area (Å²) in [5.41, 5.74) is 3.33. The molecule has 4 unspecified atom stereocenters. The van der Waals surface area contributed by atoms with Crippen molar-refractivity contribution in [2.75, 3.05) is 92.3 Å². The SMILES string of the molecule is CC(C)(C)OC(=O)N1CCC2(CC1)C(=O)N(c1ccc(S(C)(=O)=O)cc1)C2c1ccc(Cl)cc1.CC(C)[C@@H](CO)NC(=O)N1CCC2(CC1)C(=O)N(c1ccc(F)cc1)C2c1ccc(Cl)cc1.COC(=O)c1ccc(N2C(=O)C3(CCN(C(=O)OC(C)(C)C)CC3)C2c2ccc(Cl)cc2)cc1.O=C(Nc1cccc(F)c1)N1CCC2(CC1)C(=O)N(C1CC1)C2c1ccc(Cl)cc1. The summed E-state index contributed by atoms with van der Waals surface area (Å²) in [6, 6.07) is 54.1. The number of anilines is 4. The number of hydrogen-bond donors (Lipinski definition) is 3. The van der Waals surface area contributed by atoms with Gasteiger partial charge in [-0.3, -0.25) is 19.2 Å². The summed E-state index contributed by atoms with van der Waals surface area (Å²) in [6.07, 6.45) is 6.95. The van der Waals surface area contributed by atoms with Crippen LogP contribution in [0.4, 0.5) is 50.7 Å². The molecule has 0 radical (unpaired) electrons. The van der Waals surface area contributed by atoms with Gasteiger partial charge in [0.2, 0.25) is 23.6 Å². The molecule has 131 heavy (non-hydrogen) atoms. The molecule has 0 bridgehead atoms. The van der Waals surface area contributed by atoms with Crippen LogP contribution in [0.15, 0.2) is 199 Å². The Kier molecular flexibility index (Phi) is 28.4. The number of rotatable bonds is 14. The Hall–Kier alpha value is -10.9. The molecule has 0 aromatic heterocycles. The van der Waals surface area contributed by atoms with E-state index in [1.807, 2.05) is 133 Å². The molecule has 8 aliphatic heterocycles. The zero-order chi connectivity index (χ0) is 94.2. The second-order valence-corrected chi connectivity index (χ2v) is 41.3. The minimum absolute atomic E-state index is 0.00969. The molecule has 10 amide bonds. The van der Waals surface area contributed by atoms with Gasteiger partial charge in [-0.25, -0.2) is 41.2 Å². The van der Waals surface area contributed by atoms with Crippen LogP contribution in [-0.4, -0.2) is 187 Å². The number of urea groups is 2. The maximum absolute atomic E-state index is 13.6. The Morgan fingerprint density at radius 1 is 0.458 bits per heavy atom. The molecule has 1 aliphatic carbocycles. The van der Waals surface area contributed by atoms with Gasteiger partial charge in [0.1, 0.15) is 22.8 Å². The molecular weight excluding hydrogens is 1780 g/mol. The number of halogens is 6. The average molecular weight is 1890 g/mol. The molecule has 25 nitrogen and oxygen atoms in total. The van der Waals surface area contributed by atoms with Crippen molar-refractivity contribution in [3.63, 3.8) is 0 Å². The van der Waals surface area contributed by atoms with E-state index in [9.17, 15) is 65.5 Å². The van der Waals surface area contributed by atoms with E-state index in [0.717, 1.165) is 41.4 Å². The van der Waals surface area contributed by atoms with E-state index in [4.69, 9.17) is 60.6 Å². The summed E-state index contributed by atoms with van der Waals surface area (Å²) in [7, 11) is -2.01. The van der Waals surface area contributed by atoms with Crippen LogP contribution >= 0.6 is 46.4 Å². The number of aliphatic hydroxyl groups is 1. The van der Waals surface area contributed by atoms with Gasteiger partial charge in [0.15, 0.2) is 9.84 Å². The first kappa shape index (κ1) is 96.2. The number of nitrogens with zero attached hydrogens (tertiary/aromatic N) is 8. The van der Waals surface area contributed by atoms with E-state index < -0.39 is 54.5 Å². The van der Waals surface area contributed by atoms with Crippen molar-refractivity contribution in [3.8, 4) is 0 Å². The van der Waals surface area contributed by atoms with E-state index in [1.54, 1.807) is 119 Å². The third-order valence-electron chi connectivity index (χ3n) is 26.5. The molecular formula is C99H110Cl4F2N10O15S. The van der Waals surface area contributed by atoms with Crippen molar-refractivity contribution in [1.82, 2.24) is 29.8 Å². The van der Waals surface area contributed by atoms with Crippen LogP contribution in [0.1, 0.15) is 176 Å². The summed E-state index contributed by atoms with van der Waals surface area (Å²) < 4.78 is 66.4. The number of benzene rings is 8. The highest BCUT2D eigenvalue weighted by molar-refractivity contribution is 7.90. The van der Waals surface area contributed by atoms with Gasteiger partial charge < -0.3 is 69.1 Å². The Bertz CT molecular complexity index is 5660. The molecule has 8 aromatic carbocycles. The van der Waals surface area contributed by atoms with E-state index in [-0.39, 0.29) is 101 Å². The normalized spacial score (nSPS) is 20.7. The minimum Gasteiger partial charge on any atom is -0.465 e. The van der Waals surface area contributed by atoms with Gasteiger partial charge in [0.05, 0.1) is 76.0 Å². The van der Waals surface area contributed by atoms with Crippen molar-refractivity contribution < 1.29 is 79.7 Å². The highest BCUT2D eigenvalue weighted by Crippen LogP contribution is 2.63. The van der Waals surface area contributed by atoms with Crippen LogP contribution in [0.25, 0.3) is 0 Å². The Balaban J connectivity index is 0.000000141. The first-order chi connectivity index (χ1) is 62.1. The van der Waals surface area contributed by atoms with E-state index in [1.165, 1.54) is 43.5 Å². The fourth-order valence-electron chi connectivity index (χ4n) is 19.4. The lowest BCUT2D eigenvalue weighted by Gasteiger charge is -2.59. The fraction of sp³-hybridized carbons (Fsp3) is 0.424. The van der Waals surface area contributed by atoms with Crippen LogP contribution in [0.3, 0.4) is 0 Å². The maximum Gasteiger partial charge on any atom is 0.410 e. The summed E-state index contributed by atoms with van der Waals surface area (Å²) in [5, 5.41) is 17.7. The van der Waals surface area contributed by atoms with E-state index >= 15 is 0 Å². The number of esters is 1. The number of sulfone groups is 1. The zero-order valence-corrected chi connectivity index (χ0v) is 78.7. The lowest BCUT2D eigenvalue weighted by atomic mass is 9.62. The number of ether oxygens (including phenoxy) is 3. The van der Waals surface area contributed by atoms with Gasteiger partial charge in [-0.15, -0.1) is 0 Å². The standard InChI is InChI=1S/C26H29ClN2O5.C25H29ClFN3O3.C25H29ClN2O5S.C23H23ClFN3O2/c1-25(2,3)34-24(32)28-15-13-26(14-16-28)21(17-5-9-19(27)10-6-17)29(23(26)31)20-11-7-18(8-12-20)22(30)33-4;1-16(2)21(15-31)28-24(33)29-13-11-25(12-14-29)22(17-3-5-18(26)6-4-17)30(23(25)32)20-9-7-19(27)8-10-20;1-24(2,3)33-23(30)27-15-13-25(14-16-27)21(17-5-7-18(26)8-6-17)28(22(25)29)19-9-11-20(12-10-19)34(4,31)32;24-16-6-4-15(5-7-16)20-23(21(29)28(20)19-8-9-19)10-12-27(13-11-23)22(30)26-18-3-1-2-17(25)14-18/h5-12,21H,13-16H2,1-4H3;3-10,16,21-22,31H,11-15H2,1-2H3,(H,28,33);5-12,21H,13-16H2,1-4H3;1-7,14,19-20H,8-13H2,(H,26,30)/t;21-,22?;;/m.1../s1. The van der Waals surface area contributed by atoms with Gasteiger partial charge >= 0.3 is 30.2 Å². The van der Waals surface area contributed by atoms with Crippen molar-refractivity contribution >= 4 is 133 Å². The number of β-lactam (4-membered cyclic amide) rings is 4. The number of aliphatic hydroxyl groups excluding tert-OH is 1. The van der Waals surface area contributed by atoms with Gasteiger partial charge in [-0.2, -0.15) is 0 Å². The highest BCUT2D eigenvalue weighted by Gasteiger charge is 2.67. The number of carbonyl (C=O) groups excluding carboxylic acids is 9. The third kappa shape index (κ3) is 20.2. The average Bonchev–Trinajstić information content (AvgIpc) is 1.52. The van der Waals surface area contributed by atoms with Gasteiger partial charge in [-0.05, 0) is 273 Å². The van der Waals surface area contributed by atoms with Crippen molar-refractivity contribution in [2.24, 2.45) is 27.6 Å². The number of amides is 10. The maximum atomic E-state index is 13.6. The lowest BCUT2D eigenvalue weighted by molar-refractivity contribution is -0.181. The van der Waals surface area contributed by atoms with Crippen LogP contribution in [0.5, 0.6) is 0 Å². The van der Waals surface area contributed by atoms with Crippen molar-refractivity contribution in [2.45, 2.75) is 172 Å². The predicted molar refractivity (Wildman–Crippen MR) is 498 cm³/mol. The highest BCUT2D eigenvalue weighted by atomic mass is 35.5. The molecule has 17 rings (SSSR count). The quantitative estimate of drug-likeness (QED) is 0.0518. The zero-order valence-electron chi connectivity index (χ0n) is 74.9. The Labute approximate surface area is 782 Å². The largest absolute Gasteiger partial charge is 0.465 e.